The molecule has 216 valence electrons. The molecule has 8 nitrogen and oxygen atoms in total. The SMILES string of the molecule is C=CC/C=C\C(=C/CC)N(C1=CCC=CC=C1)c1ncc(C(=O)NCCCCCCCCCC(=O)NOF)cn1. The van der Waals surface area contributed by atoms with Gasteiger partial charge in [-0.1, -0.05) is 86.6 Å². The monoisotopic (exact) mass is 551 g/mol. The minimum Gasteiger partial charge on any atom is -0.352 e. The Balaban J connectivity index is 1.87. The molecule has 0 saturated heterocycles. The second kappa shape index (κ2) is 20.1. The van der Waals surface area contributed by atoms with Gasteiger partial charge in [-0.25, -0.2) is 9.97 Å². The summed E-state index contributed by atoms with van der Waals surface area (Å²) in [4.78, 5) is 34.9. The van der Waals surface area contributed by atoms with Crippen molar-refractivity contribution in [3.05, 3.63) is 90.6 Å². The molecule has 0 aliphatic heterocycles. The van der Waals surface area contributed by atoms with Crippen molar-refractivity contribution in [3.63, 3.8) is 0 Å². The van der Waals surface area contributed by atoms with Gasteiger partial charge in [-0.2, -0.15) is 5.48 Å². The number of aromatic nitrogens is 2. The minimum absolute atomic E-state index is 0.193. The van der Waals surface area contributed by atoms with Crippen molar-refractivity contribution >= 4 is 17.8 Å². The van der Waals surface area contributed by atoms with Crippen molar-refractivity contribution in [1.82, 2.24) is 20.8 Å². The first kappa shape index (κ1) is 32.4. The van der Waals surface area contributed by atoms with E-state index in [1.807, 2.05) is 35.3 Å². The fraction of sp³-hybridized carbons (Fsp3) is 0.419. The lowest BCUT2D eigenvalue weighted by Gasteiger charge is -2.25. The maximum absolute atomic E-state index is 12.7. The summed E-state index contributed by atoms with van der Waals surface area (Å²) in [5.41, 5.74) is 4.00. The number of hydrogen-bond donors (Lipinski definition) is 2. The van der Waals surface area contributed by atoms with E-state index in [0.717, 1.165) is 69.2 Å². The predicted octanol–water partition coefficient (Wildman–Crippen LogP) is 6.89. The summed E-state index contributed by atoms with van der Waals surface area (Å²) < 4.78 is 11.5. The first-order valence-electron chi connectivity index (χ1n) is 14.1. The van der Waals surface area contributed by atoms with E-state index < -0.39 is 5.91 Å². The van der Waals surface area contributed by atoms with Crippen LogP contribution in [0, 0.1) is 0 Å². The molecule has 0 unspecified atom stereocenters. The normalized spacial score (nSPS) is 13.2. The Hall–Kier alpha value is -3.85. The van der Waals surface area contributed by atoms with Crippen LogP contribution in [0.4, 0.5) is 10.5 Å². The molecular formula is C31H42FN5O3. The molecular weight excluding hydrogens is 509 g/mol. The maximum atomic E-state index is 12.7. The van der Waals surface area contributed by atoms with Gasteiger partial charge in [0, 0.05) is 36.8 Å². The van der Waals surface area contributed by atoms with Crippen LogP contribution in [0.1, 0.15) is 87.9 Å². The molecule has 1 heterocycles. The van der Waals surface area contributed by atoms with Gasteiger partial charge < -0.3 is 5.32 Å². The van der Waals surface area contributed by atoms with Crippen LogP contribution in [0.15, 0.2) is 85.1 Å². The standard InChI is InChI=1S/C31H42FN5O3/c1-3-5-13-19-27(18-4-2)37(28-20-14-10-11-15-21-28)31-34-24-26(25-35-31)30(39)33-23-17-12-8-6-7-9-16-22-29(38)36-40-32/h3,10-11,13-14,18-21,24-25H,1,4-9,12,15-17,22-23H2,2H3,(H,33,39)(H,36,38)/b19-13-,27-18+. The molecule has 0 atom stereocenters. The average Bonchev–Trinajstić information content (AvgIpc) is 3.24. The lowest BCUT2D eigenvalue weighted by Crippen LogP contribution is -2.26. The van der Waals surface area contributed by atoms with Crippen molar-refractivity contribution in [3.8, 4) is 0 Å². The summed E-state index contributed by atoms with van der Waals surface area (Å²) >= 11 is 0. The number of hydroxylamine groups is 1. The van der Waals surface area contributed by atoms with Gasteiger partial charge in [0.05, 0.1) is 5.56 Å². The smallest absolute Gasteiger partial charge is 0.254 e. The highest BCUT2D eigenvalue weighted by Gasteiger charge is 2.18. The van der Waals surface area contributed by atoms with E-state index in [1.54, 1.807) is 17.9 Å². The number of unbranched alkanes of at least 4 members (excludes halogenated alkanes) is 6. The number of nitrogens with zero attached hydrogens (tertiary/aromatic N) is 3. The molecule has 1 aromatic rings. The number of nitrogens with one attached hydrogen (secondary N) is 2. The highest BCUT2D eigenvalue weighted by atomic mass is 19.3. The molecule has 1 aliphatic carbocycles. The number of hydrogen-bond acceptors (Lipinski definition) is 6. The Kier molecular flexibility index (Phi) is 16.3. The number of anilines is 1. The molecule has 0 bridgehead atoms. The van der Waals surface area contributed by atoms with E-state index >= 15 is 0 Å². The zero-order chi connectivity index (χ0) is 28.8. The number of carbonyl (C=O) groups excluding carboxylic acids is 2. The van der Waals surface area contributed by atoms with E-state index in [9.17, 15) is 14.1 Å². The fourth-order valence-electron chi connectivity index (χ4n) is 4.09. The van der Waals surface area contributed by atoms with Crippen LogP contribution in [0.3, 0.4) is 0 Å². The molecule has 0 fully saturated rings. The first-order chi connectivity index (χ1) is 19.6. The number of halogens is 1. The third kappa shape index (κ3) is 12.3. The zero-order valence-corrected chi connectivity index (χ0v) is 23.5. The number of rotatable bonds is 19. The van der Waals surface area contributed by atoms with Crippen LogP contribution < -0.4 is 15.7 Å². The lowest BCUT2D eigenvalue weighted by molar-refractivity contribution is -0.198. The van der Waals surface area contributed by atoms with E-state index in [2.05, 4.69) is 58.1 Å². The van der Waals surface area contributed by atoms with Crippen LogP contribution in [0.25, 0.3) is 0 Å². The molecule has 2 N–H and O–H groups in total. The van der Waals surface area contributed by atoms with E-state index in [0.29, 0.717) is 24.5 Å². The van der Waals surface area contributed by atoms with Crippen molar-refractivity contribution in [2.45, 2.75) is 77.6 Å². The fourth-order valence-corrected chi connectivity index (χ4v) is 4.09. The van der Waals surface area contributed by atoms with Gasteiger partial charge in [-0.3, -0.25) is 14.5 Å². The van der Waals surface area contributed by atoms with Crippen LogP contribution in [-0.4, -0.2) is 28.3 Å². The van der Waals surface area contributed by atoms with Crippen molar-refractivity contribution in [2.24, 2.45) is 0 Å². The molecule has 9 heteroatoms. The van der Waals surface area contributed by atoms with E-state index in [4.69, 9.17) is 0 Å². The summed E-state index contributed by atoms with van der Waals surface area (Å²) in [6, 6.07) is 0. The largest absolute Gasteiger partial charge is 0.352 e. The van der Waals surface area contributed by atoms with Gasteiger partial charge in [0.25, 0.3) is 5.91 Å². The van der Waals surface area contributed by atoms with E-state index in [-0.39, 0.29) is 12.3 Å². The van der Waals surface area contributed by atoms with Gasteiger partial charge in [-0.15, -0.1) is 6.58 Å². The third-order valence-electron chi connectivity index (χ3n) is 6.12. The Morgan fingerprint density at radius 2 is 1.82 bits per heavy atom. The highest BCUT2D eigenvalue weighted by molar-refractivity contribution is 5.93. The van der Waals surface area contributed by atoms with Gasteiger partial charge in [0.2, 0.25) is 11.9 Å². The number of carbonyl (C=O) groups is 2. The van der Waals surface area contributed by atoms with E-state index in [1.165, 1.54) is 0 Å². The Bertz CT molecular complexity index is 1080. The summed E-state index contributed by atoms with van der Waals surface area (Å²) in [5.74, 6) is -0.146. The molecule has 0 spiro atoms. The quantitative estimate of drug-likeness (QED) is 0.0841. The summed E-state index contributed by atoms with van der Waals surface area (Å²) in [6.07, 6.45) is 30.7. The second-order valence-electron chi connectivity index (χ2n) is 9.31. The van der Waals surface area contributed by atoms with Gasteiger partial charge >= 0.3 is 0 Å². The molecule has 40 heavy (non-hydrogen) atoms. The Morgan fingerprint density at radius 3 is 2.52 bits per heavy atom. The van der Waals surface area contributed by atoms with Crippen LogP contribution in [0.2, 0.25) is 0 Å². The highest BCUT2D eigenvalue weighted by Crippen LogP contribution is 2.24. The third-order valence-corrected chi connectivity index (χ3v) is 6.12. The minimum atomic E-state index is -0.447. The molecule has 2 amide bonds. The van der Waals surface area contributed by atoms with Gasteiger partial charge in [0.15, 0.2) is 0 Å². The van der Waals surface area contributed by atoms with Crippen molar-refractivity contribution < 1.29 is 19.2 Å². The van der Waals surface area contributed by atoms with Crippen molar-refractivity contribution in [2.75, 3.05) is 11.4 Å². The second-order valence-corrected chi connectivity index (χ2v) is 9.31. The summed E-state index contributed by atoms with van der Waals surface area (Å²) in [6.45, 7) is 6.46. The zero-order valence-electron chi connectivity index (χ0n) is 23.5. The van der Waals surface area contributed by atoms with Crippen LogP contribution >= 0.6 is 0 Å². The predicted molar refractivity (Wildman–Crippen MR) is 157 cm³/mol. The average molecular weight is 552 g/mol. The Morgan fingerprint density at radius 1 is 1.10 bits per heavy atom. The molecule has 0 saturated carbocycles. The Labute approximate surface area is 237 Å². The van der Waals surface area contributed by atoms with Gasteiger partial charge in [0.1, 0.15) is 0 Å². The molecule has 0 aromatic carbocycles. The van der Waals surface area contributed by atoms with Gasteiger partial charge in [-0.05, 0) is 48.8 Å². The summed E-state index contributed by atoms with van der Waals surface area (Å²) in [5, 5.41) is 6.05. The number of amides is 2. The molecule has 1 aromatic heterocycles. The van der Waals surface area contributed by atoms with Crippen LogP contribution in [-0.2, 0) is 9.84 Å². The maximum Gasteiger partial charge on any atom is 0.254 e. The summed E-state index contributed by atoms with van der Waals surface area (Å²) in [7, 11) is 0. The lowest BCUT2D eigenvalue weighted by atomic mass is 10.1. The van der Waals surface area contributed by atoms with Crippen molar-refractivity contribution in [1.29, 1.82) is 0 Å². The molecule has 0 radical (unpaired) electrons. The van der Waals surface area contributed by atoms with Crippen LogP contribution in [0.5, 0.6) is 0 Å². The topological polar surface area (TPSA) is 96.5 Å². The molecule has 1 aliphatic rings. The first-order valence-corrected chi connectivity index (χ1v) is 14.1. The molecule has 2 rings (SSSR count). The number of allylic oxidation sites excluding steroid dienone is 9.